The van der Waals surface area contributed by atoms with Crippen LogP contribution in [0.15, 0.2) is 42.7 Å². The second-order valence-electron chi connectivity index (χ2n) is 3.22. The standard InChI is InChI=1S/C11H9ClN4O/c12-8-4-5-10(15-7-8)16(13)11(17)9-3-1-2-6-14-9/h1-7H,13H2. The zero-order valence-electron chi connectivity index (χ0n) is 8.75. The highest BCUT2D eigenvalue weighted by molar-refractivity contribution is 6.30. The number of anilines is 1. The third-order valence-corrected chi connectivity index (χ3v) is 2.28. The van der Waals surface area contributed by atoms with E-state index >= 15 is 0 Å². The molecule has 2 heterocycles. The molecule has 0 bridgehead atoms. The lowest BCUT2D eigenvalue weighted by molar-refractivity contribution is 0.0981. The van der Waals surface area contributed by atoms with Gasteiger partial charge in [0, 0.05) is 12.4 Å². The molecular formula is C11H9ClN4O. The maximum Gasteiger partial charge on any atom is 0.292 e. The van der Waals surface area contributed by atoms with Gasteiger partial charge in [0.25, 0.3) is 5.91 Å². The Morgan fingerprint density at radius 3 is 2.65 bits per heavy atom. The van der Waals surface area contributed by atoms with Crippen molar-refractivity contribution in [3.8, 4) is 0 Å². The predicted octanol–water partition coefficient (Wildman–Crippen LogP) is 1.65. The molecule has 2 aromatic rings. The van der Waals surface area contributed by atoms with Crippen LogP contribution in [0.5, 0.6) is 0 Å². The van der Waals surface area contributed by atoms with Gasteiger partial charge in [-0.2, -0.15) is 0 Å². The van der Waals surface area contributed by atoms with Gasteiger partial charge in [-0.05, 0) is 24.3 Å². The number of nitrogens with zero attached hydrogens (tertiary/aromatic N) is 3. The Labute approximate surface area is 103 Å². The smallest absolute Gasteiger partial charge is 0.265 e. The van der Waals surface area contributed by atoms with Gasteiger partial charge in [0.2, 0.25) is 0 Å². The van der Waals surface area contributed by atoms with Gasteiger partial charge in [-0.15, -0.1) is 0 Å². The van der Waals surface area contributed by atoms with Crippen molar-refractivity contribution in [3.63, 3.8) is 0 Å². The van der Waals surface area contributed by atoms with Gasteiger partial charge >= 0.3 is 0 Å². The van der Waals surface area contributed by atoms with Gasteiger partial charge in [-0.3, -0.25) is 9.78 Å². The fourth-order valence-corrected chi connectivity index (χ4v) is 1.34. The molecule has 0 atom stereocenters. The molecule has 0 unspecified atom stereocenters. The number of hydrogen-bond donors (Lipinski definition) is 1. The van der Waals surface area contributed by atoms with Crippen LogP contribution in [0.2, 0.25) is 5.02 Å². The first kappa shape index (κ1) is 11.5. The van der Waals surface area contributed by atoms with Crippen LogP contribution in [0.25, 0.3) is 0 Å². The first-order valence-electron chi connectivity index (χ1n) is 4.80. The van der Waals surface area contributed by atoms with Crippen LogP contribution in [0.3, 0.4) is 0 Å². The van der Waals surface area contributed by atoms with E-state index in [9.17, 15) is 4.79 Å². The minimum Gasteiger partial charge on any atom is -0.265 e. The quantitative estimate of drug-likeness (QED) is 0.498. The van der Waals surface area contributed by atoms with E-state index in [4.69, 9.17) is 17.4 Å². The van der Waals surface area contributed by atoms with Crippen molar-refractivity contribution in [2.24, 2.45) is 5.84 Å². The van der Waals surface area contributed by atoms with E-state index in [0.717, 1.165) is 5.01 Å². The summed E-state index contributed by atoms with van der Waals surface area (Å²) < 4.78 is 0. The molecule has 0 aliphatic carbocycles. The van der Waals surface area contributed by atoms with Crippen molar-refractivity contribution in [3.05, 3.63) is 53.4 Å². The molecule has 0 fully saturated rings. The summed E-state index contributed by atoms with van der Waals surface area (Å²) in [6, 6.07) is 8.18. The summed E-state index contributed by atoms with van der Waals surface area (Å²) in [6.45, 7) is 0. The fourth-order valence-electron chi connectivity index (χ4n) is 1.23. The second-order valence-corrected chi connectivity index (χ2v) is 3.66. The highest BCUT2D eigenvalue weighted by atomic mass is 35.5. The van der Waals surface area contributed by atoms with Crippen molar-refractivity contribution in [2.45, 2.75) is 0 Å². The van der Waals surface area contributed by atoms with E-state index in [1.165, 1.54) is 12.4 Å². The predicted molar refractivity (Wildman–Crippen MR) is 64.5 cm³/mol. The summed E-state index contributed by atoms with van der Waals surface area (Å²) >= 11 is 5.69. The molecule has 2 N–H and O–H groups in total. The molecule has 0 radical (unpaired) electrons. The Morgan fingerprint density at radius 1 is 1.24 bits per heavy atom. The summed E-state index contributed by atoms with van der Waals surface area (Å²) in [4.78, 5) is 19.8. The van der Waals surface area contributed by atoms with Crippen molar-refractivity contribution in [2.75, 3.05) is 5.01 Å². The average molecular weight is 249 g/mol. The van der Waals surface area contributed by atoms with Gasteiger partial charge in [0.05, 0.1) is 5.02 Å². The zero-order valence-corrected chi connectivity index (χ0v) is 9.50. The minimum absolute atomic E-state index is 0.256. The first-order valence-corrected chi connectivity index (χ1v) is 5.18. The lowest BCUT2D eigenvalue weighted by Gasteiger charge is -2.14. The molecular weight excluding hydrogens is 240 g/mol. The van der Waals surface area contributed by atoms with Crippen LogP contribution in [-0.2, 0) is 0 Å². The summed E-state index contributed by atoms with van der Waals surface area (Å²) in [5, 5.41) is 1.41. The van der Waals surface area contributed by atoms with E-state index < -0.39 is 5.91 Å². The van der Waals surface area contributed by atoms with E-state index in [-0.39, 0.29) is 5.69 Å². The lowest BCUT2D eigenvalue weighted by Crippen LogP contribution is -2.38. The van der Waals surface area contributed by atoms with Gasteiger partial charge < -0.3 is 0 Å². The lowest BCUT2D eigenvalue weighted by atomic mass is 10.3. The molecule has 1 amide bonds. The van der Waals surface area contributed by atoms with E-state index in [1.807, 2.05) is 0 Å². The maximum atomic E-state index is 11.9. The van der Waals surface area contributed by atoms with Crippen LogP contribution in [0, 0.1) is 0 Å². The average Bonchev–Trinajstić information content (AvgIpc) is 2.39. The van der Waals surface area contributed by atoms with Crippen LogP contribution >= 0.6 is 11.6 Å². The molecule has 17 heavy (non-hydrogen) atoms. The van der Waals surface area contributed by atoms with Crippen molar-refractivity contribution in [1.82, 2.24) is 9.97 Å². The number of rotatable bonds is 2. The van der Waals surface area contributed by atoms with Crippen LogP contribution in [0.1, 0.15) is 10.5 Å². The monoisotopic (exact) mass is 248 g/mol. The maximum absolute atomic E-state index is 11.9. The van der Waals surface area contributed by atoms with Crippen LogP contribution in [0.4, 0.5) is 5.82 Å². The number of aromatic nitrogens is 2. The summed E-state index contributed by atoms with van der Waals surface area (Å²) in [5.41, 5.74) is 0.256. The molecule has 0 aromatic carbocycles. The molecule has 0 aliphatic heterocycles. The molecule has 0 saturated heterocycles. The minimum atomic E-state index is -0.430. The number of carbonyl (C=O) groups is 1. The van der Waals surface area contributed by atoms with E-state index in [0.29, 0.717) is 10.8 Å². The third kappa shape index (κ3) is 2.58. The Hall–Kier alpha value is -1.98. The molecule has 0 aliphatic rings. The Bertz CT molecular complexity index is 515. The molecule has 0 spiro atoms. The largest absolute Gasteiger partial charge is 0.292 e. The Balaban J connectivity index is 2.23. The van der Waals surface area contributed by atoms with Gasteiger partial charge in [-0.25, -0.2) is 15.8 Å². The van der Waals surface area contributed by atoms with Gasteiger partial charge in [0.1, 0.15) is 11.5 Å². The van der Waals surface area contributed by atoms with Gasteiger partial charge in [-0.1, -0.05) is 17.7 Å². The molecule has 5 nitrogen and oxygen atoms in total. The number of amides is 1. The summed E-state index contributed by atoms with van der Waals surface area (Å²) in [5.74, 6) is 5.54. The number of halogens is 1. The number of carbonyl (C=O) groups excluding carboxylic acids is 1. The highest BCUT2D eigenvalue weighted by Crippen LogP contribution is 2.13. The normalized spacial score (nSPS) is 10.0. The van der Waals surface area contributed by atoms with Crippen molar-refractivity contribution < 1.29 is 4.79 Å². The Morgan fingerprint density at radius 2 is 2.06 bits per heavy atom. The van der Waals surface area contributed by atoms with E-state index in [2.05, 4.69) is 9.97 Å². The highest BCUT2D eigenvalue weighted by Gasteiger charge is 2.15. The van der Waals surface area contributed by atoms with Crippen molar-refractivity contribution >= 4 is 23.3 Å². The Kier molecular flexibility index (Phi) is 3.32. The second kappa shape index (κ2) is 4.90. The molecule has 2 rings (SSSR count). The fraction of sp³-hybridized carbons (Fsp3) is 0. The number of hydrogen-bond acceptors (Lipinski definition) is 4. The first-order chi connectivity index (χ1) is 8.18. The van der Waals surface area contributed by atoms with Crippen molar-refractivity contribution in [1.29, 1.82) is 0 Å². The SMILES string of the molecule is NN(C(=O)c1ccccn1)c1ccc(Cl)cn1. The van der Waals surface area contributed by atoms with E-state index in [1.54, 1.807) is 30.3 Å². The summed E-state index contributed by atoms with van der Waals surface area (Å²) in [6.07, 6.45) is 2.94. The van der Waals surface area contributed by atoms with Crippen LogP contribution in [-0.4, -0.2) is 15.9 Å². The molecule has 86 valence electrons. The molecule has 2 aromatic heterocycles. The molecule has 0 saturated carbocycles. The van der Waals surface area contributed by atoms with Crippen LogP contribution < -0.4 is 10.9 Å². The number of nitrogens with two attached hydrogens (primary N) is 1. The van der Waals surface area contributed by atoms with Gasteiger partial charge in [0.15, 0.2) is 0 Å². The molecule has 6 heteroatoms. The third-order valence-electron chi connectivity index (χ3n) is 2.06. The number of hydrazine groups is 1. The zero-order chi connectivity index (χ0) is 12.3. The number of pyridine rings is 2. The summed E-state index contributed by atoms with van der Waals surface area (Å²) in [7, 11) is 0. The topological polar surface area (TPSA) is 72.1 Å².